The van der Waals surface area contributed by atoms with Crippen molar-refractivity contribution in [1.29, 1.82) is 0 Å². The standard InChI is InChI=1S/C29H30Cl2N4O5S/c1-17-26(33-18(2)27(17)29(37)32-8-9-35-10-12-40-13-11-35)15-21-20-14-19(6-7-25(20)34-28(21)36)41(38,39)16-22-23(30)4-3-5-24(22)31/h3-7,14-15,33H,8-13,16H2,1-2H3,(H,32,37)(H,34,36). The van der Waals surface area contributed by atoms with Crippen molar-refractivity contribution in [2.75, 3.05) is 44.7 Å². The molecular formula is C29H30Cl2N4O5S. The Kier molecular flexibility index (Phi) is 8.58. The van der Waals surface area contributed by atoms with Crippen molar-refractivity contribution in [3.63, 3.8) is 0 Å². The van der Waals surface area contributed by atoms with Crippen LogP contribution in [0.2, 0.25) is 10.0 Å². The number of hydrogen-bond acceptors (Lipinski definition) is 6. The maximum Gasteiger partial charge on any atom is 0.256 e. The number of sulfone groups is 1. The molecular weight excluding hydrogens is 587 g/mol. The van der Waals surface area contributed by atoms with E-state index in [0.717, 1.165) is 19.6 Å². The number of amides is 2. The molecule has 1 fully saturated rings. The zero-order valence-electron chi connectivity index (χ0n) is 22.6. The van der Waals surface area contributed by atoms with E-state index in [1.54, 1.807) is 37.3 Å². The van der Waals surface area contributed by atoms with E-state index in [4.69, 9.17) is 27.9 Å². The lowest BCUT2D eigenvalue weighted by Gasteiger charge is -2.26. The monoisotopic (exact) mass is 616 g/mol. The number of rotatable bonds is 8. The molecule has 0 bridgehead atoms. The van der Waals surface area contributed by atoms with Crippen molar-refractivity contribution < 1.29 is 22.7 Å². The van der Waals surface area contributed by atoms with Gasteiger partial charge < -0.3 is 20.4 Å². The van der Waals surface area contributed by atoms with E-state index < -0.39 is 9.84 Å². The van der Waals surface area contributed by atoms with E-state index in [-0.39, 0.29) is 38.1 Å². The first-order valence-corrected chi connectivity index (χ1v) is 15.6. The van der Waals surface area contributed by atoms with Gasteiger partial charge in [-0.1, -0.05) is 29.3 Å². The smallest absolute Gasteiger partial charge is 0.256 e. The molecule has 2 amide bonds. The van der Waals surface area contributed by atoms with Crippen LogP contribution in [0.3, 0.4) is 0 Å². The first-order chi connectivity index (χ1) is 19.5. The Bertz CT molecular complexity index is 1640. The zero-order valence-corrected chi connectivity index (χ0v) is 25.0. The second-order valence-corrected chi connectivity index (χ2v) is 12.9. The summed E-state index contributed by atoms with van der Waals surface area (Å²) in [5.41, 5.74) is 4.02. The van der Waals surface area contributed by atoms with E-state index in [1.807, 2.05) is 6.92 Å². The minimum Gasteiger partial charge on any atom is -0.379 e. The number of hydrogen-bond donors (Lipinski definition) is 3. The number of carbonyl (C=O) groups is 2. The number of benzene rings is 2. The Morgan fingerprint density at radius 1 is 1.12 bits per heavy atom. The summed E-state index contributed by atoms with van der Waals surface area (Å²) in [5, 5.41) is 6.29. The van der Waals surface area contributed by atoms with Gasteiger partial charge in [0.25, 0.3) is 11.8 Å². The van der Waals surface area contributed by atoms with Crippen LogP contribution in [0.5, 0.6) is 0 Å². The maximum absolute atomic E-state index is 13.3. The molecule has 3 N–H and O–H groups in total. The molecule has 3 aromatic rings. The van der Waals surface area contributed by atoms with Crippen LogP contribution < -0.4 is 10.6 Å². The van der Waals surface area contributed by atoms with Crippen molar-refractivity contribution >= 4 is 62.2 Å². The summed E-state index contributed by atoms with van der Waals surface area (Å²) in [6, 6.07) is 9.31. The fraction of sp³-hybridized carbons (Fsp3) is 0.310. The number of nitrogens with zero attached hydrogens (tertiary/aromatic N) is 1. The zero-order chi connectivity index (χ0) is 29.3. The number of nitrogens with one attached hydrogen (secondary N) is 3. The van der Waals surface area contributed by atoms with Gasteiger partial charge in [0.2, 0.25) is 0 Å². The lowest BCUT2D eigenvalue weighted by Crippen LogP contribution is -2.41. The Hall–Kier alpha value is -3.15. The average molecular weight is 618 g/mol. The molecule has 0 radical (unpaired) electrons. The van der Waals surface area contributed by atoms with E-state index >= 15 is 0 Å². The van der Waals surface area contributed by atoms with Crippen LogP contribution in [0.1, 0.15) is 38.4 Å². The minimum absolute atomic E-state index is 0.0364. The fourth-order valence-electron chi connectivity index (χ4n) is 5.09. The molecule has 1 aromatic heterocycles. The lowest BCUT2D eigenvalue weighted by molar-refractivity contribution is -0.110. The highest BCUT2D eigenvalue weighted by molar-refractivity contribution is 7.90. The maximum atomic E-state index is 13.3. The Morgan fingerprint density at radius 2 is 1.83 bits per heavy atom. The van der Waals surface area contributed by atoms with Crippen LogP contribution in [-0.4, -0.2) is 69.5 Å². The predicted molar refractivity (Wildman–Crippen MR) is 160 cm³/mol. The van der Waals surface area contributed by atoms with Crippen LogP contribution >= 0.6 is 23.2 Å². The van der Waals surface area contributed by atoms with Gasteiger partial charge in [0, 0.05) is 64.4 Å². The summed E-state index contributed by atoms with van der Waals surface area (Å²) in [6.45, 7) is 7.94. The van der Waals surface area contributed by atoms with Crippen molar-refractivity contribution in [2.45, 2.75) is 24.5 Å². The molecule has 2 aliphatic heterocycles. The number of H-pyrrole nitrogens is 1. The van der Waals surface area contributed by atoms with Gasteiger partial charge in [-0.05, 0) is 55.8 Å². The number of aromatic amines is 1. The average Bonchev–Trinajstić information content (AvgIpc) is 3.40. The molecule has 9 nitrogen and oxygen atoms in total. The van der Waals surface area contributed by atoms with Crippen molar-refractivity contribution in [2.24, 2.45) is 0 Å². The van der Waals surface area contributed by atoms with Crippen molar-refractivity contribution in [3.05, 3.63) is 80.1 Å². The van der Waals surface area contributed by atoms with Crippen LogP contribution in [0.4, 0.5) is 5.69 Å². The highest BCUT2D eigenvalue weighted by atomic mass is 35.5. The summed E-state index contributed by atoms with van der Waals surface area (Å²) in [7, 11) is -3.84. The second-order valence-electron chi connectivity index (χ2n) is 10.1. The molecule has 1 saturated heterocycles. The summed E-state index contributed by atoms with van der Waals surface area (Å²) in [4.78, 5) is 31.5. The van der Waals surface area contributed by atoms with Gasteiger partial charge in [0.05, 0.1) is 35.0 Å². The summed E-state index contributed by atoms with van der Waals surface area (Å²) in [5.74, 6) is -0.951. The summed E-state index contributed by atoms with van der Waals surface area (Å²) < 4.78 is 32.0. The van der Waals surface area contributed by atoms with Gasteiger partial charge >= 0.3 is 0 Å². The summed E-state index contributed by atoms with van der Waals surface area (Å²) in [6.07, 6.45) is 1.65. The molecule has 2 aliphatic rings. The van der Waals surface area contributed by atoms with Crippen LogP contribution in [0.15, 0.2) is 41.3 Å². The lowest BCUT2D eigenvalue weighted by atomic mass is 10.0. The minimum atomic E-state index is -3.84. The molecule has 0 aliphatic carbocycles. The normalized spacial score (nSPS) is 16.6. The second kappa shape index (κ2) is 12.0. The van der Waals surface area contributed by atoms with Crippen LogP contribution in [0.25, 0.3) is 11.6 Å². The number of carbonyl (C=O) groups excluding carboxylic acids is 2. The van der Waals surface area contributed by atoms with E-state index in [2.05, 4.69) is 20.5 Å². The van der Waals surface area contributed by atoms with Gasteiger partial charge in [-0.25, -0.2) is 8.42 Å². The number of morpholine rings is 1. The van der Waals surface area contributed by atoms with E-state index in [0.29, 0.717) is 59.1 Å². The fourth-order valence-corrected chi connectivity index (χ4v) is 7.21. The molecule has 12 heteroatoms. The van der Waals surface area contributed by atoms with Gasteiger partial charge in [-0.15, -0.1) is 0 Å². The third-order valence-electron chi connectivity index (χ3n) is 7.34. The Labute approximate surface area is 248 Å². The predicted octanol–water partition coefficient (Wildman–Crippen LogP) is 4.47. The Balaban J connectivity index is 1.39. The van der Waals surface area contributed by atoms with E-state index in [9.17, 15) is 18.0 Å². The third-order valence-corrected chi connectivity index (χ3v) is 9.69. The molecule has 0 spiro atoms. The first-order valence-electron chi connectivity index (χ1n) is 13.2. The number of aryl methyl sites for hydroxylation is 1. The molecule has 216 valence electrons. The Morgan fingerprint density at radius 3 is 2.54 bits per heavy atom. The van der Waals surface area contributed by atoms with E-state index in [1.165, 1.54) is 12.1 Å². The third kappa shape index (κ3) is 6.22. The quantitative estimate of drug-likeness (QED) is 0.321. The number of aromatic nitrogens is 1. The number of fused-ring (bicyclic) bond motifs is 1. The van der Waals surface area contributed by atoms with Gasteiger partial charge in [0.1, 0.15) is 0 Å². The molecule has 41 heavy (non-hydrogen) atoms. The largest absolute Gasteiger partial charge is 0.379 e. The van der Waals surface area contributed by atoms with Crippen molar-refractivity contribution in [3.8, 4) is 0 Å². The van der Waals surface area contributed by atoms with Gasteiger partial charge in [-0.2, -0.15) is 0 Å². The SMILES string of the molecule is Cc1[nH]c(C=C2C(=O)Nc3ccc(S(=O)(=O)Cc4c(Cl)cccc4Cl)cc32)c(C)c1C(=O)NCCN1CCOCC1. The molecule has 0 saturated carbocycles. The first kappa shape index (κ1) is 29.3. The number of ether oxygens (including phenoxy) is 1. The van der Waals surface area contributed by atoms with Crippen molar-refractivity contribution in [1.82, 2.24) is 15.2 Å². The van der Waals surface area contributed by atoms with Crippen LogP contribution in [-0.2, 0) is 25.1 Å². The molecule has 0 atom stereocenters. The summed E-state index contributed by atoms with van der Waals surface area (Å²) >= 11 is 12.4. The number of halogens is 2. The number of anilines is 1. The highest BCUT2D eigenvalue weighted by Crippen LogP contribution is 2.37. The van der Waals surface area contributed by atoms with Crippen LogP contribution in [0, 0.1) is 13.8 Å². The molecule has 5 rings (SSSR count). The molecule has 0 unspecified atom stereocenters. The van der Waals surface area contributed by atoms with Gasteiger partial charge in [0.15, 0.2) is 9.84 Å². The highest BCUT2D eigenvalue weighted by Gasteiger charge is 2.28. The molecule has 3 heterocycles. The molecule has 2 aromatic carbocycles. The topological polar surface area (TPSA) is 121 Å². The van der Waals surface area contributed by atoms with Gasteiger partial charge in [-0.3, -0.25) is 14.5 Å².